The molecule has 3 rings (SSSR count). The van der Waals surface area contributed by atoms with E-state index in [0.717, 1.165) is 25.9 Å². The van der Waals surface area contributed by atoms with Gasteiger partial charge in [0.05, 0.1) is 0 Å². The van der Waals surface area contributed by atoms with Gasteiger partial charge < -0.3 is 15.3 Å². The third-order valence-corrected chi connectivity index (χ3v) is 4.83. The van der Waals surface area contributed by atoms with Gasteiger partial charge in [0.25, 0.3) is 0 Å². The molecule has 0 spiro atoms. The number of nitrogens with zero attached hydrogens (tertiary/aromatic N) is 2. The Balaban J connectivity index is 1.50. The molecule has 124 valence electrons. The first kappa shape index (κ1) is 15.8. The van der Waals surface area contributed by atoms with Gasteiger partial charge in [0.2, 0.25) is 0 Å². The second-order valence-electron chi connectivity index (χ2n) is 6.24. The minimum atomic E-state index is -1.02. The number of amides is 2. The number of carboxylic acid groups (broad SMARTS) is 1. The quantitative estimate of drug-likeness (QED) is 0.871. The zero-order valence-electron chi connectivity index (χ0n) is 13.2. The Bertz CT molecular complexity index is 582. The SMILES string of the molecule is O=C(O)CNC(=O)N1CCN(C2CCc3ccccc3C2)CC1. The van der Waals surface area contributed by atoms with Gasteiger partial charge in [-0.2, -0.15) is 0 Å². The average Bonchev–Trinajstić information content (AvgIpc) is 2.59. The summed E-state index contributed by atoms with van der Waals surface area (Å²) in [4.78, 5) is 26.6. The summed E-state index contributed by atoms with van der Waals surface area (Å²) in [5.41, 5.74) is 2.92. The summed E-state index contributed by atoms with van der Waals surface area (Å²) in [6, 6.07) is 8.92. The van der Waals surface area contributed by atoms with Gasteiger partial charge in [0, 0.05) is 32.2 Å². The van der Waals surface area contributed by atoms with Crippen LogP contribution in [-0.4, -0.2) is 65.7 Å². The number of piperazine rings is 1. The molecule has 1 aromatic rings. The number of aliphatic carboxylic acids is 1. The molecule has 2 aliphatic rings. The standard InChI is InChI=1S/C17H23N3O3/c21-16(22)12-18-17(23)20-9-7-19(8-10-20)15-6-5-13-3-1-2-4-14(13)11-15/h1-4,15H,5-12H2,(H,18,23)(H,21,22). The maximum absolute atomic E-state index is 11.9. The summed E-state index contributed by atoms with van der Waals surface area (Å²) in [5, 5.41) is 11.0. The van der Waals surface area contributed by atoms with E-state index in [2.05, 4.69) is 34.5 Å². The van der Waals surface area contributed by atoms with Crippen molar-refractivity contribution in [2.75, 3.05) is 32.7 Å². The lowest BCUT2D eigenvalue weighted by molar-refractivity contribution is -0.135. The number of carbonyl (C=O) groups is 2. The molecule has 0 aromatic heterocycles. The molecule has 1 fully saturated rings. The van der Waals surface area contributed by atoms with E-state index in [4.69, 9.17) is 5.11 Å². The van der Waals surface area contributed by atoms with Gasteiger partial charge in [-0.3, -0.25) is 9.69 Å². The molecule has 1 unspecified atom stereocenters. The zero-order chi connectivity index (χ0) is 16.2. The van der Waals surface area contributed by atoms with Crippen LogP contribution in [0.3, 0.4) is 0 Å². The fraction of sp³-hybridized carbons (Fsp3) is 0.529. The minimum Gasteiger partial charge on any atom is -0.480 e. The molecule has 1 atom stereocenters. The van der Waals surface area contributed by atoms with Crippen LogP contribution in [-0.2, 0) is 17.6 Å². The topological polar surface area (TPSA) is 72.9 Å². The number of fused-ring (bicyclic) bond motifs is 1. The van der Waals surface area contributed by atoms with Gasteiger partial charge in [0.1, 0.15) is 6.54 Å². The predicted octanol–water partition coefficient (Wildman–Crippen LogP) is 0.956. The molecule has 0 radical (unpaired) electrons. The van der Waals surface area contributed by atoms with Gasteiger partial charge in [-0.05, 0) is 30.4 Å². The third-order valence-electron chi connectivity index (χ3n) is 4.83. The lowest BCUT2D eigenvalue weighted by atomic mass is 9.87. The summed E-state index contributed by atoms with van der Waals surface area (Å²) in [5.74, 6) is -1.02. The Morgan fingerprint density at radius 1 is 1.13 bits per heavy atom. The second-order valence-corrected chi connectivity index (χ2v) is 6.24. The Labute approximate surface area is 136 Å². The van der Waals surface area contributed by atoms with Crippen molar-refractivity contribution in [2.45, 2.75) is 25.3 Å². The lowest BCUT2D eigenvalue weighted by Crippen LogP contribution is -2.55. The maximum Gasteiger partial charge on any atom is 0.323 e. The highest BCUT2D eigenvalue weighted by Gasteiger charge is 2.28. The summed E-state index contributed by atoms with van der Waals surface area (Å²) < 4.78 is 0. The molecule has 1 aliphatic heterocycles. The van der Waals surface area contributed by atoms with Crippen molar-refractivity contribution >= 4 is 12.0 Å². The van der Waals surface area contributed by atoms with Crippen molar-refractivity contribution < 1.29 is 14.7 Å². The molecule has 2 N–H and O–H groups in total. The minimum absolute atomic E-state index is 0.277. The maximum atomic E-state index is 11.9. The molecule has 1 heterocycles. The van der Waals surface area contributed by atoms with Gasteiger partial charge in [-0.25, -0.2) is 4.79 Å². The van der Waals surface area contributed by atoms with Gasteiger partial charge in [-0.1, -0.05) is 24.3 Å². The van der Waals surface area contributed by atoms with E-state index in [-0.39, 0.29) is 12.6 Å². The van der Waals surface area contributed by atoms with Crippen LogP contribution in [0.15, 0.2) is 24.3 Å². The van der Waals surface area contributed by atoms with Gasteiger partial charge in [-0.15, -0.1) is 0 Å². The molecule has 23 heavy (non-hydrogen) atoms. The number of carbonyl (C=O) groups excluding carboxylic acids is 1. The molecular weight excluding hydrogens is 294 g/mol. The smallest absolute Gasteiger partial charge is 0.323 e. The molecule has 2 amide bonds. The number of nitrogens with one attached hydrogen (secondary N) is 1. The lowest BCUT2D eigenvalue weighted by Gasteiger charge is -2.41. The molecule has 1 saturated heterocycles. The second kappa shape index (κ2) is 7.00. The summed E-state index contributed by atoms with van der Waals surface area (Å²) in [7, 11) is 0. The number of urea groups is 1. The third kappa shape index (κ3) is 3.82. The predicted molar refractivity (Wildman–Crippen MR) is 86.4 cm³/mol. The van der Waals surface area contributed by atoms with Crippen molar-refractivity contribution in [3.8, 4) is 0 Å². The zero-order valence-corrected chi connectivity index (χ0v) is 13.2. The fourth-order valence-electron chi connectivity index (χ4n) is 3.54. The number of rotatable bonds is 3. The average molecular weight is 317 g/mol. The molecule has 1 aromatic carbocycles. The summed E-state index contributed by atoms with van der Waals surface area (Å²) in [6.07, 6.45) is 3.38. The molecule has 1 aliphatic carbocycles. The molecule has 6 nitrogen and oxygen atoms in total. The van der Waals surface area contributed by atoms with Crippen LogP contribution < -0.4 is 5.32 Å². The fourth-order valence-corrected chi connectivity index (χ4v) is 3.54. The summed E-state index contributed by atoms with van der Waals surface area (Å²) >= 11 is 0. The van der Waals surface area contributed by atoms with Crippen molar-refractivity contribution in [1.29, 1.82) is 0 Å². The number of benzene rings is 1. The Hall–Kier alpha value is -2.08. The van der Waals surface area contributed by atoms with Gasteiger partial charge in [0.15, 0.2) is 0 Å². The van der Waals surface area contributed by atoms with Crippen LogP contribution in [0.1, 0.15) is 17.5 Å². The Morgan fingerprint density at radius 3 is 2.52 bits per heavy atom. The largest absolute Gasteiger partial charge is 0.480 e. The van der Waals surface area contributed by atoms with Crippen molar-refractivity contribution in [3.63, 3.8) is 0 Å². The molecule has 0 bridgehead atoms. The van der Waals surface area contributed by atoms with Crippen LogP contribution in [0.5, 0.6) is 0 Å². The van der Waals surface area contributed by atoms with Crippen molar-refractivity contribution in [2.24, 2.45) is 0 Å². The van der Waals surface area contributed by atoms with Gasteiger partial charge >= 0.3 is 12.0 Å². The normalized spacial score (nSPS) is 21.6. The number of hydrogen-bond acceptors (Lipinski definition) is 3. The highest BCUT2D eigenvalue weighted by Crippen LogP contribution is 2.25. The first-order valence-corrected chi connectivity index (χ1v) is 8.19. The van der Waals surface area contributed by atoms with E-state index in [1.165, 1.54) is 17.5 Å². The first-order chi connectivity index (χ1) is 11.1. The van der Waals surface area contributed by atoms with E-state index < -0.39 is 5.97 Å². The highest BCUT2D eigenvalue weighted by atomic mass is 16.4. The molecule has 6 heteroatoms. The monoisotopic (exact) mass is 317 g/mol. The van der Waals surface area contributed by atoms with Crippen molar-refractivity contribution in [1.82, 2.24) is 15.1 Å². The first-order valence-electron chi connectivity index (χ1n) is 8.19. The van der Waals surface area contributed by atoms with E-state index in [1.807, 2.05) is 0 Å². The van der Waals surface area contributed by atoms with E-state index in [9.17, 15) is 9.59 Å². The van der Waals surface area contributed by atoms with Crippen LogP contribution in [0.2, 0.25) is 0 Å². The highest BCUT2D eigenvalue weighted by molar-refractivity contribution is 5.80. The van der Waals surface area contributed by atoms with Crippen LogP contribution in [0.25, 0.3) is 0 Å². The number of aryl methyl sites for hydroxylation is 1. The Kier molecular flexibility index (Phi) is 4.81. The van der Waals surface area contributed by atoms with E-state index in [0.29, 0.717) is 19.1 Å². The number of hydrogen-bond donors (Lipinski definition) is 2. The van der Waals surface area contributed by atoms with Crippen LogP contribution >= 0.6 is 0 Å². The summed E-state index contributed by atoms with van der Waals surface area (Å²) in [6.45, 7) is 2.70. The van der Waals surface area contributed by atoms with Crippen LogP contribution in [0.4, 0.5) is 4.79 Å². The number of carboxylic acids is 1. The van der Waals surface area contributed by atoms with E-state index in [1.54, 1.807) is 4.90 Å². The van der Waals surface area contributed by atoms with Crippen molar-refractivity contribution in [3.05, 3.63) is 35.4 Å². The Morgan fingerprint density at radius 2 is 1.83 bits per heavy atom. The molecular formula is C17H23N3O3. The van der Waals surface area contributed by atoms with Crippen LogP contribution in [0, 0.1) is 0 Å². The van der Waals surface area contributed by atoms with E-state index >= 15 is 0 Å². The molecule has 0 saturated carbocycles.